The SMILES string of the molecule is O=C(O)C1=CC(OP(=O)(O)O)C(O)C(O)C1.O=C(O)CNCP(=O)(O)O. The molecule has 0 fully saturated rings. The van der Waals surface area contributed by atoms with Crippen LogP contribution in [0.15, 0.2) is 11.6 Å². The quantitative estimate of drug-likeness (QED) is 0.190. The zero-order valence-electron chi connectivity index (χ0n) is 12.9. The Bertz CT molecular complexity index is 622. The highest BCUT2D eigenvalue weighted by Gasteiger charge is 2.36. The van der Waals surface area contributed by atoms with E-state index in [9.17, 15) is 28.9 Å². The summed E-state index contributed by atoms with van der Waals surface area (Å²) in [6.07, 6.45) is -4.59. The molecule has 0 bridgehead atoms. The van der Waals surface area contributed by atoms with Crippen LogP contribution in [-0.4, -0.2) is 83.1 Å². The molecule has 3 atom stereocenters. The number of phosphoric ester groups is 1. The van der Waals surface area contributed by atoms with Gasteiger partial charge in [-0.15, -0.1) is 0 Å². The van der Waals surface area contributed by atoms with E-state index in [2.05, 4.69) is 9.84 Å². The molecule has 0 saturated carbocycles. The van der Waals surface area contributed by atoms with Gasteiger partial charge < -0.3 is 40.0 Å². The van der Waals surface area contributed by atoms with E-state index in [0.29, 0.717) is 0 Å². The van der Waals surface area contributed by atoms with Crippen LogP contribution in [-0.2, 0) is 23.2 Å². The molecule has 0 aliphatic heterocycles. The van der Waals surface area contributed by atoms with E-state index in [0.717, 1.165) is 6.08 Å². The highest BCUT2D eigenvalue weighted by Crippen LogP contribution is 2.40. The van der Waals surface area contributed by atoms with Gasteiger partial charge in [0.25, 0.3) is 0 Å². The minimum atomic E-state index is -4.86. The Balaban J connectivity index is 0.000000541. The van der Waals surface area contributed by atoms with Gasteiger partial charge in [-0.25, -0.2) is 9.36 Å². The van der Waals surface area contributed by atoms with Crippen LogP contribution in [0.2, 0.25) is 0 Å². The minimum Gasteiger partial charge on any atom is -0.480 e. The van der Waals surface area contributed by atoms with Gasteiger partial charge in [0.05, 0.1) is 18.9 Å². The second kappa shape index (κ2) is 10.2. The first-order chi connectivity index (χ1) is 11.6. The number of aliphatic hydroxyl groups excluding tert-OH is 2. The highest BCUT2D eigenvalue weighted by atomic mass is 31.2. The normalized spacial score (nSPS) is 23.5. The number of carboxylic acids is 2. The molecule has 0 aromatic heterocycles. The fourth-order valence-electron chi connectivity index (χ4n) is 1.65. The lowest BCUT2D eigenvalue weighted by Crippen LogP contribution is -2.41. The third kappa shape index (κ3) is 11.4. The number of nitrogens with one attached hydrogen (secondary N) is 1. The van der Waals surface area contributed by atoms with Crippen molar-refractivity contribution in [3.05, 3.63) is 11.6 Å². The van der Waals surface area contributed by atoms with Crippen molar-refractivity contribution in [2.45, 2.75) is 24.7 Å². The Labute approximate surface area is 146 Å². The summed E-state index contributed by atoms with van der Waals surface area (Å²) >= 11 is 0. The zero-order chi connectivity index (χ0) is 20.7. The predicted octanol–water partition coefficient (Wildman–Crippen LogP) is -2.60. The second-order valence-corrected chi connectivity index (χ2v) is 7.80. The number of hydrogen-bond acceptors (Lipinski definition) is 8. The summed E-state index contributed by atoms with van der Waals surface area (Å²) in [5.74, 6) is -2.49. The topological polar surface area (TPSA) is 251 Å². The standard InChI is InChI=1S/C7H11O8P.C3H8NO5P/c8-4-1-3(7(10)11)2-5(6(4)9)15-16(12,13)14;5-3(6)1-4-2-10(7,8)9/h2,4-6,8-9H,1H2,(H,10,11)(H2,12,13,14);4H,1-2H2,(H,5,6)(H2,7,8,9). The molecule has 0 amide bonds. The van der Waals surface area contributed by atoms with E-state index >= 15 is 0 Å². The molecule has 0 aromatic rings. The molecular weight excluding hydrogens is 404 g/mol. The van der Waals surface area contributed by atoms with Crippen LogP contribution in [0.3, 0.4) is 0 Å². The molecule has 3 unspecified atom stereocenters. The van der Waals surface area contributed by atoms with Gasteiger partial charge in [0.2, 0.25) is 0 Å². The lowest BCUT2D eigenvalue weighted by molar-refractivity contribution is -0.136. The van der Waals surface area contributed by atoms with Crippen LogP contribution in [0.1, 0.15) is 6.42 Å². The molecule has 1 aliphatic carbocycles. The predicted molar refractivity (Wildman–Crippen MR) is 81.8 cm³/mol. The van der Waals surface area contributed by atoms with Crippen molar-refractivity contribution in [3.8, 4) is 0 Å². The molecule has 152 valence electrons. The maximum absolute atomic E-state index is 10.6. The van der Waals surface area contributed by atoms with Crippen molar-refractivity contribution in [2.75, 3.05) is 12.8 Å². The molecule has 26 heavy (non-hydrogen) atoms. The summed E-state index contributed by atoms with van der Waals surface area (Å²) in [7, 11) is -8.96. The monoisotopic (exact) mass is 423 g/mol. The van der Waals surface area contributed by atoms with Crippen LogP contribution in [0.4, 0.5) is 0 Å². The number of aliphatic carboxylic acids is 2. The average Bonchev–Trinajstić information content (AvgIpc) is 2.40. The number of aliphatic hydroxyl groups is 2. The van der Waals surface area contributed by atoms with Crippen molar-refractivity contribution in [1.29, 1.82) is 0 Å². The summed E-state index contributed by atoms with van der Waals surface area (Å²) in [4.78, 5) is 53.8. The largest absolute Gasteiger partial charge is 0.480 e. The number of carbonyl (C=O) groups is 2. The van der Waals surface area contributed by atoms with Gasteiger partial charge in [0.15, 0.2) is 0 Å². The van der Waals surface area contributed by atoms with Gasteiger partial charge >= 0.3 is 27.4 Å². The molecular formula is C10H19NO13P2. The molecule has 16 heteroatoms. The Hall–Kier alpha value is -1.18. The van der Waals surface area contributed by atoms with Gasteiger partial charge in [0.1, 0.15) is 12.2 Å². The van der Waals surface area contributed by atoms with E-state index in [1.54, 1.807) is 0 Å². The molecule has 1 rings (SSSR count). The Morgan fingerprint density at radius 3 is 2.08 bits per heavy atom. The van der Waals surface area contributed by atoms with Gasteiger partial charge in [-0.05, 0) is 6.08 Å². The maximum atomic E-state index is 10.6. The number of hydrogen-bond donors (Lipinski definition) is 9. The minimum absolute atomic E-state index is 0.267. The van der Waals surface area contributed by atoms with Crippen molar-refractivity contribution in [2.24, 2.45) is 0 Å². The van der Waals surface area contributed by atoms with Gasteiger partial charge in [-0.3, -0.25) is 19.2 Å². The number of rotatable bonds is 7. The number of carboxylic acid groups (broad SMARTS) is 2. The lowest BCUT2D eigenvalue weighted by atomic mass is 9.92. The van der Waals surface area contributed by atoms with E-state index < -0.39 is 58.5 Å². The zero-order valence-corrected chi connectivity index (χ0v) is 14.7. The van der Waals surface area contributed by atoms with E-state index in [-0.39, 0.29) is 12.0 Å². The fourth-order valence-corrected chi connectivity index (χ4v) is 2.55. The Morgan fingerprint density at radius 1 is 1.15 bits per heavy atom. The molecule has 0 spiro atoms. The van der Waals surface area contributed by atoms with E-state index in [4.69, 9.17) is 29.8 Å². The van der Waals surface area contributed by atoms with Gasteiger partial charge in [0, 0.05) is 12.0 Å². The molecule has 0 radical (unpaired) electrons. The Kier molecular flexibility index (Phi) is 9.77. The molecule has 0 aromatic carbocycles. The molecule has 0 saturated heterocycles. The fraction of sp³-hybridized carbons (Fsp3) is 0.600. The van der Waals surface area contributed by atoms with Crippen LogP contribution in [0, 0.1) is 0 Å². The first kappa shape index (κ1) is 24.8. The second-order valence-electron chi connectivity index (χ2n) is 4.96. The van der Waals surface area contributed by atoms with Crippen LogP contribution < -0.4 is 5.32 Å². The van der Waals surface area contributed by atoms with Crippen molar-refractivity contribution in [1.82, 2.24) is 5.32 Å². The van der Waals surface area contributed by atoms with Gasteiger partial charge in [-0.2, -0.15) is 0 Å². The first-order valence-electron chi connectivity index (χ1n) is 6.63. The van der Waals surface area contributed by atoms with E-state index in [1.807, 2.05) is 0 Å². The van der Waals surface area contributed by atoms with E-state index in [1.165, 1.54) is 0 Å². The average molecular weight is 423 g/mol. The van der Waals surface area contributed by atoms with Crippen molar-refractivity contribution >= 4 is 27.4 Å². The smallest absolute Gasteiger partial charge is 0.470 e. The van der Waals surface area contributed by atoms with Crippen molar-refractivity contribution < 1.29 is 63.2 Å². The third-order valence-corrected chi connectivity index (χ3v) is 3.81. The van der Waals surface area contributed by atoms with Crippen LogP contribution in [0.25, 0.3) is 0 Å². The summed E-state index contributed by atoms with van der Waals surface area (Å²) < 4.78 is 24.7. The highest BCUT2D eigenvalue weighted by molar-refractivity contribution is 7.51. The molecule has 0 heterocycles. The molecule has 9 N–H and O–H groups in total. The molecule has 1 aliphatic rings. The third-order valence-electron chi connectivity index (χ3n) is 2.65. The summed E-state index contributed by atoms with van der Waals surface area (Å²) in [5, 5.41) is 37.3. The number of phosphoric acid groups is 1. The maximum Gasteiger partial charge on any atom is 0.470 e. The molecule has 14 nitrogen and oxygen atoms in total. The Morgan fingerprint density at radius 2 is 1.69 bits per heavy atom. The van der Waals surface area contributed by atoms with Crippen LogP contribution in [0.5, 0.6) is 0 Å². The lowest BCUT2D eigenvalue weighted by Gasteiger charge is -2.29. The van der Waals surface area contributed by atoms with Gasteiger partial charge in [-0.1, -0.05) is 0 Å². The summed E-state index contributed by atoms with van der Waals surface area (Å²) in [5.41, 5.74) is -0.267. The van der Waals surface area contributed by atoms with Crippen LogP contribution >= 0.6 is 15.4 Å². The first-order valence-corrected chi connectivity index (χ1v) is 9.96. The summed E-state index contributed by atoms with van der Waals surface area (Å²) in [6, 6.07) is 0. The van der Waals surface area contributed by atoms with Crippen molar-refractivity contribution in [3.63, 3.8) is 0 Å². The summed E-state index contributed by atoms with van der Waals surface area (Å²) in [6.45, 7) is -0.439.